The van der Waals surface area contributed by atoms with Gasteiger partial charge in [-0.2, -0.15) is 0 Å². The van der Waals surface area contributed by atoms with Gasteiger partial charge in [0.1, 0.15) is 17.3 Å². The molecule has 0 radical (unpaired) electrons. The fraction of sp³-hybridized carbons (Fsp3) is 0.300. The molecule has 0 aliphatic carbocycles. The Kier molecular flexibility index (Phi) is 7.15. The first-order chi connectivity index (χ1) is 18.8. The number of benzene rings is 3. The van der Waals surface area contributed by atoms with Crippen molar-refractivity contribution in [1.29, 1.82) is 0 Å². The van der Waals surface area contributed by atoms with Gasteiger partial charge in [0.05, 0.1) is 10.9 Å². The lowest BCUT2D eigenvalue weighted by molar-refractivity contribution is -0.694. The van der Waals surface area contributed by atoms with Crippen molar-refractivity contribution in [2.75, 3.05) is 10.6 Å². The van der Waals surface area contributed by atoms with Crippen molar-refractivity contribution in [3.63, 3.8) is 0 Å². The summed E-state index contributed by atoms with van der Waals surface area (Å²) < 4.78 is 15.8. The zero-order valence-corrected chi connectivity index (χ0v) is 23.7. The number of hydrogen-bond acceptors (Lipinski definition) is 3. The van der Waals surface area contributed by atoms with Crippen molar-refractivity contribution < 1.29 is 24.1 Å². The van der Waals surface area contributed by atoms with Crippen LogP contribution in [0.3, 0.4) is 0 Å². The first-order valence-corrected chi connectivity index (χ1v) is 13.7. The second-order valence-corrected chi connectivity index (χ2v) is 12.5. The summed E-state index contributed by atoms with van der Waals surface area (Å²) in [5.74, 6) is -2.90. The normalized spacial score (nSPS) is 23.6. The molecule has 3 aromatic carbocycles. The lowest BCUT2D eigenvalue weighted by Gasteiger charge is -2.34. The third-order valence-electron chi connectivity index (χ3n) is 7.81. The summed E-state index contributed by atoms with van der Waals surface area (Å²) in [4.78, 5) is 39.6. The number of rotatable bonds is 5. The SMILES string of the molecule is CC(C)(C)C[C@@H]1[NH2+][C@@H](C(=O)Nc2ccc(C(N)=O)cc2)[C@H](c2cccc(Cl)c2F)[C@]12C(=O)Nc1cc(Cl)ccc12. The molecule has 0 aromatic heterocycles. The van der Waals surface area contributed by atoms with E-state index in [1.165, 1.54) is 18.2 Å². The summed E-state index contributed by atoms with van der Waals surface area (Å²) in [7, 11) is 0. The zero-order chi connectivity index (χ0) is 29.0. The standard InChI is InChI=1S/C30H29Cl2FN4O3/c1-29(2,3)14-22-30(19-12-9-16(31)13-21(19)36-28(30)40)23(18-5-4-6-20(32)24(18)33)25(37-22)27(39)35-17-10-7-15(8-11-17)26(34)38/h4-13,22-23,25,37H,14H2,1-3H3,(H2,34,38)(H,35,39)(H,36,40)/p+1/t22-,23-,25+,30+/m0/s1. The van der Waals surface area contributed by atoms with Crippen LogP contribution in [0.2, 0.25) is 10.0 Å². The Bertz CT molecular complexity index is 1520. The number of quaternary nitrogens is 1. The molecule has 0 bridgehead atoms. The molecule has 2 aliphatic heterocycles. The number of anilines is 2. The van der Waals surface area contributed by atoms with Gasteiger partial charge in [-0.1, -0.05) is 62.2 Å². The van der Waals surface area contributed by atoms with Gasteiger partial charge in [-0.25, -0.2) is 4.39 Å². The van der Waals surface area contributed by atoms with Crippen LogP contribution >= 0.6 is 23.2 Å². The highest BCUT2D eigenvalue weighted by Gasteiger charge is 2.69. The molecule has 208 valence electrons. The molecule has 40 heavy (non-hydrogen) atoms. The summed E-state index contributed by atoms with van der Waals surface area (Å²) in [6.07, 6.45) is 0.554. The van der Waals surface area contributed by atoms with E-state index in [1.807, 2.05) is 5.32 Å². The summed E-state index contributed by atoms with van der Waals surface area (Å²) >= 11 is 12.5. The average molecular weight is 584 g/mol. The Morgan fingerprint density at radius 3 is 2.45 bits per heavy atom. The quantitative estimate of drug-likeness (QED) is 0.351. The monoisotopic (exact) mass is 583 g/mol. The summed E-state index contributed by atoms with van der Waals surface area (Å²) in [6, 6.07) is 14.7. The van der Waals surface area contributed by atoms with Gasteiger partial charge in [0.25, 0.3) is 5.91 Å². The first-order valence-electron chi connectivity index (χ1n) is 12.9. The topological polar surface area (TPSA) is 118 Å². The summed E-state index contributed by atoms with van der Waals surface area (Å²) in [5.41, 5.74) is 5.95. The maximum atomic E-state index is 15.8. The van der Waals surface area contributed by atoms with Crippen molar-refractivity contribution in [2.45, 2.75) is 50.6 Å². The fourth-order valence-corrected chi connectivity index (χ4v) is 6.66. The van der Waals surface area contributed by atoms with Crippen LogP contribution < -0.4 is 21.7 Å². The highest BCUT2D eigenvalue weighted by Crippen LogP contribution is 2.55. The molecular formula is C30H30Cl2FN4O3+. The molecule has 1 fully saturated rings. The number of nitrogens with one attached hydrogen (secondary N) is 2. The Balaban J connectivity index is 1.69. The van der Waals surface area contributed by atoms with E-state index in [1.54, 1.807) is 42.5 Å². The number of carbonyl (C=O) groups excluding carboxylic acids is 3. The molecule has 0 unspecified atom stereocenters. The van der Waals surface area contributed by atoms with E-state index in [-0.39, 0.29) is 21.9 Å². The largest absolute Gasteiger partial charge is 0.366 e. The average Bonchev–Trinajstić information content (AvgIpc) is 3.35. The predicted molar refractivity (Wildman–Crippen MR) is 153 cm³/mol. The van der Waals surface area contributed by atoms with E-state index >= 15 is 4.39 Å². The van der Waals surface area contributed by atoms with Gasteiger partial charge in [0.15, 0.2) is 6.04 Å². The Morgan fingerprint density at radius 2 is 1.80 bits per heavy atom. The van der Waals surface area contributed by atoms with Crippen molar-refractivity contribution in [2.24, 2.45) is 11.1 Å². The van der Waals surface area contributed by atoms with Crippen LogP contribution in [-0.2, 0) is 15.0 Å². The third-order valence-corrected chi connectivity index (χ3v) is 8.34. The van der Waals surface area contributed by atoms with E-state index in [9.17, 15) is 14.4 Å². The molecule has 2 heterocycles. The van der Waals surface area contributed by atoms with E-state index < -0.39 is 41.0 Å². The molecule has 4 atom stereocenters. The number of carbonyl (C=O) groups is 3. The van der Waals surface area contributed by atoms with Crippen molar-refractivity contribution >= 4 is 52.3 Å². The fourth-order valence-electron chi connectivity index (χ4n) is 6.30. The van der Waals surface area contributed by atoms with Gasteiger partial charge in [-0.3, -0.25) is 14.4 Å². The van der Waals surface area contributed by atoms with Crippen LogP contribution in [0.25, 0.3) is 0 Å². The molecule has 1 saturated heterocycles. The number of fused-ring (bicyclic) bond motifs is 2. The van der Waals surface area contributed by atoms with Gasteiger partial charge in [-0.05, 0) is 53.4 Å². The third kappa shape index (κ3) is 4.74. The Hall–Kier alpha value is -3.46. The van der Waals surface area contributed by atoms with Crippen LogP contribution in [0.1, 0.15) is 54.6 Å². The molecule has 5 rings (SSSR count). The highest BCUT2D eigenvalue weighted by molar-refractivity contribution is 6.31. The van der Waals surface area contributed by atoms with Gasteiger partial charge in [0.2, 0.25) is 11.8 Å². The minimum absolute atomic E-state index is 0.0946. The predicted octanol–water partition coefficient (Wildman–Crippen LogP) is 4.59. The maximum Gasteiger partial charge on any atom is 0.283 e. The number of primary amides is 1. The molecule has 0 saturated carbocycles. The van der Waals surface area contributed by atoms with Crippen molar-refractivity contribution in [1.82, 2.24) is 0 Å². The number of halogens is 3. The zero-order valence-electron chi connectivity index (χ0n) is 22.2. The number of amides is 3. The first kappa shape index (κ1) is 28.1. The molecule has 2 aliphatic rings. The lowest BCUT2D eigenvalue weighted by atomic mass is 9.62. The Labute approximate surface area is 241 Å². The summed E-state index contributed by atoms with van der Waals surface area (Å²) in [5, 5.41) is 8.10. The van der Waals surface area contributed by atoms with E-state index in [0.717, 1.165) is 0 Å². The van der Waals surface area contributed by atoms with Gasteiger partial charge >= 0.3 is 0 Å². The minimum atomic E-state index is -1.30. The second-order valence-electron chi connectivity index (χ2n) is 11.7. The molecule has 10 heteroatoms. The maximum absolute atomic E-state index is 15.8. The highest BCUT2D eigenvalue weighted by atomic mass is 35.5. The molecule has 3 amide bonds. The van der Waals surface area contributed by atoms with Crippen LogP contribution in [0.5, 0.6) is 0 Å². The Morgan fingerprint density at radius 1 is 1.10 bits per heavy atom. The molecule has 7 nitrogen and oxygen atoms in total. The van der Waals surface area contributed by atoms with Crippen LogP contribution in [0.4, 0.5) is 15.8 Å². The molecule has 1 spiro atoms. The number of nitrogens with two attached hydrogens (primary N) is 2. The molecule has 3 aromatic rings. The van der Waals surface area contributed by atoms with E-state index in [0.29, 0.717) is 33.9 Å². The molecular weight excluding hydrogens is 554 g/mol. The van der Waals surface area contributed by atoms with Gasteiger partial charge in [0, 0.05) is 33.9 Å². The smallest absolute Gasteiger partial charge is 0.283 e. The van der Waals surface area contributed by atoms with Crippen LogP contribution in [0, 0.1) is 11.2 Å². The van der Waals surface area contributed by atoms with E-state index in [2.05, 4.69) is 31.4 Å². The molecule has 6 N–H and O–H groups in total. The van der Waals surface area contributed by atoms with Crippen molar-refractivity contribution in [3.05, 3.63) is 93.2 Å². The summed E-state index contributed by atoms with van der Waals surface area (Å²) in [6.45, 7) is 6.19. The second kappa shape index (κ2) is 10.2. The van der Waals surface area contributed by atoms with Gasteiger partial charge < -0.3 is 21.7 Å². The van der Waals surface area contributed by atoms with Gasteiger partial charge in [-0.15, -0.1) is 0 Å². The van der Waals surface area contributed by atoms with Crippen molar-refractivity contribution in [3.8, 4) is 0 Å². The van der Waals surface area contributed by atoms with E-state index in [4.69, 9.17) is 28.9 Å². The lowest BCUT2D eigenvalue weighted by Crippen LogP contribution is -2.95. The number of hydrogen-bond donors (Lipinski definition) is 4. The van der Waals surface area contributed by atoms with Crippen LogP contribution in [-0.4, -0.2) is 29.8 Å². The van der Waals surface area contributed by atoms with Crippen LogP contribution in [0.15, 0.2) is 60.7 Å². The minimum Gasteiger partial charge on any atom is -0.366 e.